The van der Waals surface area contributed by atoms with Crippen LogP contribution >= 0.6 is 11.6 Å². The predicted octanol–water partition coefficient (Wildman–Crippen LogP) is 0.852. The molecule has 0 aliphatic carbocycles. The summed E-state index contributed by atoms with van der Waals surface area (Å²) in [6.07, 6.45) is 2.43. The second-order valence-corrected chi connectivity index (χ2v) is 3.61. The van der Waals surface area contributed by atoms with Gasteiger partial charge in [0.2, 0.25) is 0 Å². The number of nitrogens with two attached hydrogens (primary N) is 1. The molecule has 3 heteroatoms. The number of hydrogen-bond acceptors (Lipinski definition) is 2. The van der Waals surface area contributed by atoms with Crippen molar-refractivity contribution in [1.82, 2.24) is 4.90 Å². The van der Waals surface area contributed by atoms with Crippen LogP contribution in [0.25, 0.3) is 0 Å². The second kappa shape index (κ2) is 3.56. The van der Waals surface area contributed by atoms with Gasteiger partial charge in [-0.25, -0.2) is 0 Å². The van der Waals surface area contributed by atoms with Crippen LogP contribution < -0.4 is 5.73 Å². The highest BCUT2D eigenvalue weighted by atomic mass is 35.5. The van der Waals surface area contributed by atoms with Crippen LogP contribution in [0.1, 0.15) is 12.8 Å². The van der Waals surface area contributed by atoms with Crippen LogP contribution in [0.3, 0.4) is 0 Å². The Balaban J connectivity index is 2.32. The third-order valence-corrected chi connectivity index (χ3v) is 2.47. The molecule has 60 valence electrons. The number of nitrogens with zero attached hydrogens (tertiary/aromatic N) is 1. The Morgan fingerprint density at radius 3 is 2.80 bits per heavy atom. The zero-order valence-corrected chi connectivity index (χ0v) is 7.14. The van der Waals surface area contributed by atoms with Crippen LogP contribution in [0.5, 0.6) is 0 Å². The summed E-state index contributed by atoms with van der Waals surface area (Å²) < 4.78 is 0. The van der Waals surface area contributed by atoms with Crippen molar-refractivity contribution in [3.63, 3.8) is 0 Å². The van der Waals surface area contributed by atoms with Crippen LogP contribution in [0.15, 0.2) is 0 Å². The standard InChI is InChI=1S/C7H15ClN2/c1-10-4-2-3-6(5-10)7(8)9/h6-7H,2-5,9H2,1H3. The largest absolute Gasteiger partial charge is 0.315 e. The summed E-state index contributed by atoms with van der Waals surface area (Å²) in [6.45, 7) is 2.25. The lowest BCUT2D eigenvalue weighted by Gasteiger charge is -2.30. The highest BCUT2D eigenvalue weighted by Gasteiger charge is 2.21. The van der Waals surface area contributed by atoms with Crippen LogP contribution in [-0.2, 0) is 0 Å². The van der Waals surface area contributed by atoms with Gasteiger partial charge in [-0.15, -0.1) is 11.6 Å². The lowest BCUT2D eigenvalue weighted by molar-refractivity contribution is 0.206. The first-order valence-electron chi connectivity index (χ1n) is 3.78. The number of piperidine rings is 1. The topological polar surface area (TPSA) is 29.3 Å². The van der Waals surface area contributed by atoms with Crippen molar-refractivity contribution in [2.45, 2.75) is 18.3 Å². The molecule has 1 fully saturated rings. The van der Waals surface area contributed by atoms with E-state index in [1.54, 1.807) is 0 Å². The lowest BCUT2D eigenvalue weighted by Crippen LogP contribution is -2.39. The first-order valence-corrected chi connectivity index (χ1v) is 4.22. The zero-order valence-electron chi connectivity index (χ0n) is 6.39. The summed E-state index contributed by atoms with van der Waals surface area (Å²) in [5.74, 6) is 0.500. The first kappa shape index (κ1) is 8.31. The van der Waals surface area contributed by atoms with E-state index in [1.165, 1.54) is 19.4 Å². The van der Waals surface area contributed by atoms with Gasteiger partial charge in [0.25, 0.3) is 0 Å². The molecule has 0 aromatic heterocycles. The van der Waals surface area contributed by atoms with Crippen molar-refractivity contribution in [2.24, 2.45) is 11.7 Å². The molecule has 1 heterocycles. The highest BCUT2D eigenvalue weighted by Crippen LogP contribution is 2.18. The van der Waals surface area contributed by atoms with Gasteiger partial charge in [-0.05, 0) is 26.4 Å². The van der Waals surface area contributed by atoms with E-state index in [0.717, 1.165) is 6.54 Å². The number of hydrogen-bond donors (Lipinski definition) is 1. The third kappa shape index (κ3) is 2.11. The van der Waals surface area contributed by atoms with Crippen molar-refractivity contribution in [3.8, 4) is 0 Å². The van der Waals surface area contributed by atoms with Crippen LogP contribution in [0, 0.1) is 5.92 Å². The lowest BCUT2D eigenvalue weighted by atomic mass is 9.99. The number of likely N-dealkylation sites (tertiary alicyclic amines) is 1. The minimum absolute atomic E-state index is 0.150. The molecule has 1 aliphatic heterocycles. The van der Waals surface area contributed by atoms with E-state index in [0.29, 0.717) is 5.92 Å². The second-order valence-electron chi connectivity index (χ2n) is 3.11. The smallest absolute Gasteiger partial charge is 0.0841 e. The van der Waals surface area contributed by atoms with Gasteiger partial charge in [0.1, 0.15) is 0 Å². The molecule has 0 radical (unpaired) electrons. The van der Waals surface area contributed by atoms with Gasteiger partial charge in [-0.3, -0.25) is 0 Å². The number of halogens is 1. The first-order chi connectivity index (χ1) is 4.70. The van der Waals surface area contributed by atoms with Gasteiger partial charge in [0, 0.05) is 12.5 Å². The number of alkyl halides is 1. The minimum Gasteiger partial charge on any atom is -0.315 e. The van der Waals surface area contributed by atoms with Crippen LogP contribution in [0.4, 0.5) is 0 Å². The minimum atomic E-state index is -0.150. The average molecular weight is 163 g/mol. The molecule has 1 aliphatic rings. The van der Waals surface area contributed by atoms with E-state index in [9.17, 15) is 0 Å². The van der Waals surface area contributed by atoms with E-state index >= 15 is 0 Å². The summed E-state index contributed by atoms with van der Waals surface area (Å²) >= 11 is 5.77. The Morgan fingerprint density at radius 2 is 2.40 bits per heavy atom. The zero-order chi connectivity index (χ0) is 7.56. The quantitative estimate of drug-likeness (QED) is 0.458. The molecule has 0 aromatic carbocycles. The fourth-order valence-electron chi connectivity index (χ4n) is 1.47. The molecule has 0 aromatic rings. The van der Waals surface area contributed by atoms with E-state index in [2.05, 4.69) is 11.9 Å². The molecule has 1 saturated heterocycles. The molecule has 2 nitrogen and oxygen atoms in total. The molecule has 0 saturated carbocycles. The van der Waals surface area contributed by atoms with Crippen molar-refractivity contribution in [2.75, 3.05) is 20.1 Å². The normalized spacial score (nSPS) is 32.1. The van der Waals surface area contributed by atoms with Crippen molar-refractivity contribution in [3.05, 3.63) is 0 Å². The molecule has 2 atom stereocenters. The van der Waals surface area contributed by atoms with Crippen LogP contribution in [-0.4, -0.2) is 30.5 Å². The average Bonchev–Trinajstić information content (AvgIpc) is 1.88. The van der Waals surface area contributed by atoms with Gasteiger partial charge in [0.05, 0.1) is 5.50 Å². The molecule has 0 bridgehead atoms. The van der Waals surface area contributed by atoms with Gasteiger partial charge >= 0.3 is 0 Å². The SMILES string of the molecule is CN1CCCC(C(N)Cl)C1. The van der Waals surface area contributed by atoms with Gasteiger partial charge in [0.15, 0.2) is 0 Å². The number of rotatable bonds is 1. The molecule has 0 spiro atoms. The third-order valence-electron chi connectivity index (χ3n) is 2.11. The highest BCUT2D eigenvalue weighted by molar-refractivity contribution is 6.20. The summed E-state index contributed by atoms with van der Waals surface area (Å²) in [4.78, 5) is 2.29. The fraction of sp³-hybridized carbons (Fsp3) is 1.00. The molecular weight excluding hydrogens is 148 g/mol. The monoisotopic (exact) mass is 162 g/mol. The van der Waals surface area contributed by atoms with Gasteiger partial charge in [-0.2, -0.15) is 0 Å². The molecule has 10 heavy (non-hydrogen) atoms. The summed E-state index contributed by atoms with van der Waals surface area (Å²) in [6, 6.07) is 0. The fourth-order valence-corrected chi connectivity index (χ4v) is 1.67. The Labute approximate surface area is 67.3 Å². The molecule has 0 amide bonds. The van der Waals surface area contributed by atoms with Crippen molar-refractivity contribution >= 4 is 11.6 Å². The molecule has 2 N–H and O–H groups in total. The van der Waals surface area contributed by atoms with Crippen molar-refractivity contribution < 1.29 is 0 Å². The maximum absolute atomic E-state index is 5.77. The van der Waals surface area contributed by atoms with E-state index < -0.39 is 0 Å². The summed E-state index contributed by atoms with van der Waals surface area (Å²) in [5, 5.41) is 0. The summed E-state index contributed by atoms with van der Waals surface area (Å²) in [5.41, 5.74) is 5.42. The van der Waals surface area contributed by atoms with E-state index in [1.807, 2.05) is 0 Å². The van der Waals surface area contributed by atoms with E-state index in [-0.39, 0.29) is 5.50 Å². The molecule has 2 unspecified atom stereocenters. The maximum Gasteiger partial charge on any atom is 0.0841 e. The summed E-state index contributed by atoms with van der Waals surface area (Å²) in [7, 11) is 2.12. The Hall–Kier alpha value is 0.210. The van der Waals surface area contributed by atoms with Gasteiger partial charge < -0.3 is 10.6 Å². The molecule has 1 rings (SSSR count). The predicted molar refractivity (Wildman–Crippen MR) is 44.0 cm³/mol. The Morgan fingerprint density at radius 1 is 1.70 bits per heavy atom. The Bertz CT molecular complexity index is 106. The Kier molecular flexibility index (Phi) is 2.96. The van der Waals surface area contributed by atoms with E-state index in [4.69, 9.17) is 17.3 Å². The maximum atomic E-state index is 5.77. The molecular formula is C7H15ClN2. The van der Waals surface area contributed by atoms with Gasteiger partial charge in [-0.1, -0.05) is 0 Å². The van der Waals surface area contributed by atoms with Crippen LogP contribution in [0.2, 0.25) is 0 Å². The van der Waals surface area contributed by atoms with Crippen molar-refractivity contribution in [1.29, 1.82) is 0 Å².